The minimum absolute atomic E-state index is 0.831. The topological polar surface area (TPSA) is 12.0 Å². The van der Waals surface area contributed by atoms with E-state index in [1.54, 1.807) is 0 Å². The summed E-state index contributed by atoms with van der Waals surface area (Å²) in [6, 6.07) is 52.9. The standard InChI is InChI=1S/C35H29NP2/c1-27-26-34(36-33-25-15-14-24-32(27)33)35(37(28-16-6-2-7-17-28)29-18-8-3-9-19-29)38(30-20-10-4-11-21-30)31-22-12-5-13-23-31/h2-26,36H,1H3. The summed E-state index contributed by atoms with van der Waals surface area (Å²) in [7, 11) is -1.66. The van der Waals surface area contributed by atoms with Gasteiger partial charge < -0.3 is 5.32 Å². The normalized spacial score (nSPS) is 12.6. The lowest BCUT2D eigenvalue weighted by Gasteiger charge is -2.33. The van der Waals surface area contributed by atoms with Gasteiger partial charge in [-0.05, 0) is 61.7 Å². The van der Waals surface area contributed by atoms with E-state index in [0.29, 0.717) is 0 Å². The lowest BCUT2D eigenvalue weighted by molar-refractivity contribution is 1.40. The first-order valence-electron chi connectivity index (χ1n) is 12.9. The van der Waals surface area contributed by atoms with E-state index >= 15 is 0 Å². The van der Waals surface area contributed by atoms with Gasteiger partial charge in [0.25, 0.3) is 0 Å². The molecule has 0 saturated heterocycles. The zero-order valence-corrected chi connectivity index (χ0v) is 23.1. The van der Waals surface area contributed by atoms with Crippen LogP contribution < -0.4 is 26.5 Å². The molecule has 5 aromatic rings. The van der Waals surface area contributed by atoms with Crippen molar-refractivity contribution in [2.24, 2.45) is 0 Å². The van der Waals surface area contributed by atoms with E-state index in [2.05, 4.69) is 164 Å². The first kappa shape index (κ1) is 24.6. The molecular formula is C35H29NP2. The number of rotatable bonds is 6. The van der Waals surface area contributed by atoms with E-state index in [9.17, 15) is 0 Å². The van der Waals surface area contributed by atoms with E-state index in [4.69, 9.17) is 0 Å². The van der Waals surface area contributed by atoms with E-state index in [-0.39, 0.29) is 0 Å². The summed E-state index contributed by atoms with van der Waals surface area (Å²) in [6.45, 7) is 2.23. The average Bonchev–Trinajstić information content (AvgIpc) is 2.99. The number of benzene rings is 5. The molecule has 0 spiro atoms. The van der Waals surface area contributed by atoms with Gasteiger partial charge in [0.05, 0.1) is 0 Å². The summed E-state index contributed by atoms with van der Waals surface area (Å²) < 4.78 is 0. The summed E-state index contributed by atoms with van der Waals surface area (Å²) in [4.78, 5) is 0. The zero-order valence-electron chi connectivity index (χ0n) is 21.3. The first-order chi connectivity index (χ1) is 18.8. The Labute approximate surface area is 228 Å². The highest BCUT2D eigenvalue weighted by Crippen LogP contribution is 2.62. The molecule has 1 heterocycles. The molecule has 184 valence electrons. The number of hydrogen-bond donors (Lipinski definition) is 1. The predicted octanol–water partition coefficient (Wildman–Crippen LogP) is 7.95. The number of fused-ring (bicyclic) bond motifs is 1. The molecule has 1 aliphatic heterocycles. The third kappa shape index (κ3) is 5.01. The molecule has 38 heavy (non-hydrogen) atoms. The maximum atomic E-state index is 3.90. The summed E-state index contributed by atoms with van der Waals surface area (Å²) in [5.41, 5.74) is 4.95. The van der Waals surface area contributed by atoms with Crippen LogP contribution in [0.3, 0.4) is 0 Å². The highest BCUT2D eigenvalue weighted by molar-refractivity contribution is 7.94. The van der Waals surface area contributed by atoms with Gasteiger partial charge in [0.1, 0.15) is 0 Å². The first-order valence-corrected chi connectivity index (χ1v) is 15.6. The number of allylic oxidation sites excluding steroid dienone is 2. The van der Waals surface area contributed by atoms with Crippen LogP contribution in [0.5, 0.6) is 0 Å². The monoisotopic (exact) mass is 525 g/mol. The van der Waals surface area contributed by atoms with Gasteiger partial charge in [0.15, 0.2) is 0 Å². The molecule has 0 aliphatic carbocycles. The molecule has 1 aliphatic rings. The van der Waals surface area contributed by atoms with Crippen molar-refractivity contribution >= 4 is 48.3 Å². The van der Waals surface area contributed by atoms with Crippen molar-refractivity contribution in [2.75, 3.05) is 5.32 Å². The van der Waals surface area contributed by atoms with Crippen LogP contribution in [0, 0.1) is 0 Å². The minimum Gasteiger partial charge on any atom is -0.354 e. The maximum absolute atomic E-state index is 3.90. The number of anilines is 1. The van der Waals surface area contributed by atoms with E-state index in [0.717, 1.165) is 0 Å². The molecule has 1 N–H and O–H groups in total. The van der Waals surface area contributed by atoms with Crippen LogP contribution in [0.4, 0.5) is 5.69 Å². The van der Waals surface area contributed by atoms with E-state index in [1.165, 1.54) is 48.8 Å². The molecule has 0 amide bonds. The van der Waals surface area contributed by atoms with Gasteiger partial charge >= 0.3 is 0 Å². The lowest BCUT2D eigenvalue weighted by atomic mass is 10.0. The van der Waals surface area contributed by atoms with Crippen LogP contribution in [-0.2, 0) is 0 Å². The fourth-order valence-corrected chi connectivity index (χ4v) is 11.3. The Morgan fingerprint density at radius 1 is 0.474 bits per heavy atom. The highest BCUT2D eigenvalue weighted by atomic mass is 31.2. The Bertz CT molecular complexity index is 1410. The molecule has 3 heteroatoms. The molecule has 5 aromatic carbocycles. The molecule has 0 radical (unpaired) electrons. The Balaban J connectivity index is 1.69. The highest BCUT2D eigenvalue weighted by Gasteiger charge is 2.32. The second kappa shape index (κ2) is 11.3. The van der Waals surface area contributed by atoms with Gasteiger partial charge in [-0.2, -0.15) is 0 Å². The molecule has 0 aromatic heterocycles. The maximum Gasteiger partial charge on any atom is 0.0483 e. The van der Waals surface area contributed by atoms with E-state index in [1.807, 2.05) is 0 Å². The number of para-hydroxylation sites is 1. The summed E-state index contributed by atoms with van der Waals surface area (Å²) in [5.74, 6) is 0. The second-order valence-corrected chi connectivity index (χ2v) is 13.9. The number of hydrogen-bond acceptors (Lipinski definition) is 1. The Hall–Kier alpha value is -3.76. The summed E-state index contributed by atoms with van der Waals surface area (Å²) in [6.07, 6.45) is 2.38. The van der Waals surface area contributed by atoms with Gasteiger partial charge in [0.2, 0.25) is 0 Å². The fourth-order valence-electron chi connectivity index (χ4n) is 4.97. The van der Waals surface area contributed by atoms with Gasteiger partial charge in [-0.25, -0.2) is 0 Å². The minimum atomic E-state index is -0.831. The quantitative estimate of drug-likeness (QED) is 0.222. The zero-order chi connectivity index (χ0) is 25.7. The molecule has 1 nitrogen and oxygen atoms in total. The third-order valence-corrected chi connectivity index (χ3v) is 12.5. The SMILES string of the molecule is CC1=CC(=C(P(c2ccccc2)c2ccccc2)P(c2ccccc2)c2ccccc2)Nc2ccccc21. The fraction of sp³-hybridized carbons (Fsp3) is 0.0286. The molecule has 6 rings (SSSR count). The van der Waals surface area contributed by atoms with Crippen LogP contribution in [0.15, 0.2) is 162 Å². The second-order valence-electron chi connectivity index (χ2n) is 9.25. The Morgan fingerprint density at radius 3 is 1.26 bits per heavy atom. The Morgan fingerprint density at radius 2 is 0.842 bits per heavy atom. The van der Waals surface area contributed by atoms with Crippen molar-refractivity contribution in [1.82, 2.24) is 0 Å². The number of nitrogens with one attached hydrogen (secondary N) is 1. The van der Waals surface area contributed by atoms with Crippen molar-refractivity contribution in [1.29, 1.82) is 0 Å². The van der Waals surface area contributed by atoms with Gasteiger partial charge in [-0.15, -0.1) is 0 Å². The van der Waals surface area contributed by atoms with Crippen LogP contribution in [0.25, 0.3) is 5.57 Å². The van der Waals surface area contributed by atoms with Crippen molar-refractivity contribution in [3.8, 4) is 0 Å². The summed E-state index contributed by atoms with van der Waals surface area (Å²) in [5, 5.41) is 10.8. The molecule has 0 fully saturated rings. The van der Waals surface area contributed by atoms with Crippen LogP contribution in [0.1, 0.15) is 12.5 Å². The molecule has 0 unspecified atom stereocenters. The largest absolute Gasteiger partial charge is 0.354 e. The molecule has 0 saturated carbocycles. The summed E-state index contributed by atoms with van der Waals surface area (Å²) >= 11 is 0. The predicted molar refractivity (Wildman–Crippen MR) is 169 cm³/mol. The molecule has 0 bridgehead atoms. The smallest absolute Gasteiger partial charge is 0.0483 e. The average molecular weight is 526 g/mol. The molecule has 0 atom stereocenters. The third-order valence-electron chi connectivity index (χ3n) is 6.70. The van der Waals surface area contributed by atoms with Crippen molar-refractivity contribution in [3.63, 3.8) is 0 Å². The van der Waals surface area contributed by atoms with Gasteiger partial charge in [-0.1, -0.05) is 140 Å². The van der Waals surface area contributed by atoms with Crippen molar-refractivity contribution in [2.45, 2.75) is 6.92 Å². The van der Waals surface area contributed by atoms with Gasteiger partial charge in [-0.3, -0.25) is 0 Å². The van der Waals surface area contributed by atoms with Crippen LogP contribution in [0.2, 0.25) is 0 Å². The Kier molecular flexibility index (Phi) is 7.32. The van der Waals surface area contributed by atoms with Crippen molar-refractivity contribution in [3.05, 3.63) is 168 Å². The van der Waals surface area contributed by atoms with Crippen LogP contribution >= 0.6 is 15.8 Å². The lowest BCUT2D eigenvalue weighted by Crippen LogP contribution is -2.21. The van der Waals surface area contributed by atoms with Crippen molar-refractivity contribution < 1.29 is 0 Å². The molecular weight excluding hydrogens is 496 g/mol. The van der Waals surface area contributed by atoms with Crippen LogP contribution in [-0.4, -0.2) is 0 Å². The van der Waals surface area contributed by atoms with E-state index < -0.39 is 15.8 Å². The van der Waals surface area contributed by atoms with Gasteiger partial charge in [0, 0.05) is 22.0 Å².